The number of unbranched alkanes of at least 4 members (excludes halogenated alkanes) is 1. The first-order chi connectivity index (χ1) is 9.51. The standard InChI is InChI=1S/C18H31NO/c1-5-7-11-18(6-2,14-19-15(3)4)13-16-9-8-10-17(20)12-16/h8-10,12,15,19-20H,5-7,11,13-14H2,1-4H3. The summed E-state index contributed by atoms with van der Waals surface area (Å²) in [5.74, 6) is 0.375. The molecule has 2 heteroatoms. The van der Waals surface area contributed by atoms with Gasteiger partial charge in [-0.15, -0.1) is 0 Å². The van der Waals surface area contributed by atoms with E-state index in [2.05, 4.69) is 39.1 Å². The highest BCUT2D eigenvalue weighted by Gasteiger charge is 2.28. The molecule has 1 rings (SSSR count). The number of phenolic OH excluding ortho intramolecular Hbond substituents is 1. The van der Waals surface area contributed by atoms with E-state index < -0.39 is 0 Å². The van der Waals surface area contributed by atoms with Gasteiger partial charge in [-0.25, -0.2) is 0 Å². The van der Waals surface area contributed by atoms with Crippen molar-refractivity contribution in [3.8, 4) is 5.75 Å². The lowest BCUT2D eigenvalue weighted by Gasteiger charge is -2.34. The molecule has 1 aromatic carbocycles. The Hall–Kier alpha value is -1.02. The van der Waals surface area contributed by atoms with Crippen LogP contribution >= 0.6 is 0 Å². The van der Waals surface area contributed by atoms with Gasteiger partial charge in [0.15, 0.2) is 0 Å². The summed E-state index contributed by atoms with van der Waals surface area (Å²) in [5, 5.41) is 13.3. The Kier molecular flexibility index (Phi) is 7.08. The van der Waals surface area contributed by atoms with Crippen molar-refractivity contribution in [2.75, 3.05) is 6.54 Å². The Bertz CT molecular complexity index is 389. The van der Waals surface area contributed by atoms with Gasteiger partial charge in [-0.1, -0.05) is 52.7 Å². The summed E-state index contributed by atoms with van der Waals surface area (Å²) in [6.07, 6.45) is 5.96. The summed E-state index contributed by atoms with van der Waals surface area (Å²) in [4.78, 5) is 0. The van der Waals surface area contributed by atoms with E-state index in [4.69, 9.17) is 0 Å². The zero-order valence-corrected chi connectivity index (χ0v) is 13.6. The first-order valence-electron chi connectivity index (χ1n) is 8.02. The molecule has 1 aromatic rings. The van der Waals surface area contributed by atoms with Gasteiger partial charge in [0.25, 0.3) is 0 Å². The smallest absolute Gasteiger partial charge is 0.115 e. The second-order valence-corrected chi connectivity index (χ2v) is 6.34. The molecular formula is C18H31NO. The fourth-order valence-corrected chi connectivity index (χ4v) is 2.74. The van der Waals surface area contributed by atoms with Crippen molar-refractivity contribution >= 4 is 0 Å². The predicted molar refractivity (Wildman–Crippen MR) is 87.2 cm³/mol. The van der Waals surface area contributed by atoms with Crippen molar-refractivity contribution in [2.24, 2.45) is 5.41 Å². The molecule has 1 atom stereocenters. The number of hydrogen-bond acceptors (Lipinski definition) is 2. The SMILES string of the molecule is CCCCC(CC)(CNC(C)C)Cc1cccc(O)c1. The van der Waals surface area contributed by atoms with Gasteiger partial charge in [0.1, 0.15) is 5.75 Å². The molecule has 0 amide bonds. The Morgan fingerprint density at radius 2 is 2.00 bits per heavy atom. The van der Waals surface area contributed by atoms with E-state index in [-0.39, 0.29) is 0 Å². The van der Waals surface area contributed by atoms with Crippen LogP contribution in [-0.4, -0.2) is 17.7 Å². The number of nitrogens with one attached hydrogen (secondary N) is 1. The average Bonchev–Trinajstić information content (AvgIpc) is 2.42. The number of phenols is 1. The second kappa shape index (κ2) is 8.31. The molecule has 20 heavy (non-hydrogen) atoms. The summed E-state index contributed by atoms with van der Waals surface area (Å²) < 4.78 is 0. The highest BCUT2D eigenvalue weighted by Crippen LogP contribution is 2.33. The molecule has 0 radical (unpaired) electrons. The minimum Gasteiger partial charge on any atom is -0.508 e. The van der Waals surface area contributed by atoms with Gasteiger partial charge >= 0.3 is 0 Å². The molecule has 0 saturated heterocycles. The lowest BCUT2D eigenvalue weighted by molar-refractivity contribution is 0.223. The molecule has 0 fully saturated rings. The normalized spacial score (nSPS) is 14.4. The van der Waals surface area contributed by atoms with Crippen LogP contribution in [0.1, 0.15) is 58.9 Å². The lowest BCUT2D eigenvalue weighted by Crippen LogP contribution is -2.39. The highest BCUT2D eigenvalue weighted by molar-refractivity contribution is 5.28. The van der Waals surface area contributed by atoms with Crippen molar-refractivity contribution in [3.63, 3.8) is 0 Å². The molecule has 0 heterocycles. The summed E-state index contributed by atoms with van der Waals surface area (Å²) in [6.45, 7) is 10.0. The molecule has 0 saturated carbocycles. The van der Waals surface area contributed by atoms with Gasteiger partial charge in [0.05, 0.1) is 0 Å². The first kappa shape index (κ1) is 17.0. The Labute approximate surface area is 124 Å². The van der Waals surface area contributed by atoms with E-state index >= 15 is 0 Å². The fraction of sp³-hybridized carbons (Fsp3) is 0.667. The van der Waals surface area contributed by atoms with Gasteiger partial charge in [0, 0.05) is 12.6 Å². The Balaban J connectivity index is 2.83. The molecule has 1 unspecified atom stereocenters. The quantitative estimate of drug-likeness (QED) is 0.695. The van der Waals surface area contributed by atoms with Crippen LogP contribution in [0.25, 0.3) is 0 Å². The fourth-order valence-electron chi connectivity index (χ4n) is 2.74. The highest BCUT2D eigenvalue weighted by atomic mass is 16.3. The van der Waals surface area contributed by atoms with Crippen LogP contribution in [-0.2, 0) is 6.42 Å². The molecule has 0 aliphatic carbocycles. The Morgan fingerprint density at radius 1 is 1.25 bits per heavy atom. The van der Waals surface area contributed by atoms with E-state index in [0.29, 0.717) is 17.2 Å². The third-order valence-corrected chi connectivity index (χ3v) is 4.19. The van der Waals surface area contributed by atoms with Gasteiger partial charge in [0.2, 0.25) is 0 Å². The largest absolute Gasteiger partial charge is 0.508 e. The molecule has 114 valence electrons. The van der Waals surface area contributed by atoms with Crippen LogP contribution in [0.2, 0.25) is 0 Å². The maximum absolute atomic E-state index is 9.66. The van der Waals surface area contributed by atoms with Crippen LogP contribution in [0.5, 0.6) is 5.75 Å². The van der Waals surface area contributed by atoms with Crippen molar-refractivity contribution in [1.82, 2.24) is 5.32 Å². The molecule has 0 aliphatic rings. The average molecular weight is 277 g/mol. The van der Waals surface area contributed by atoms with Crippen molar-refractivity contribution < 1.29 is 5.11 Å². The second-order valence-electron chi connectivity index (χ2n) is 6.34. The molecular weight excluding hydrogens is 246 g/mol. The Morgan fingerprint density at radius 3 is 2.55 bits per heavy atom. The monoisotopic (exact) mass is 277 g/mol. The van der Waals surface area contributed by atoms with Crippen LogP contribution in [0.3, 0.4) is 0 Å². The molecule has 0 aromatic heterocycles. The van der Waals surface area contributed by atoms with Gasteiger partial charge in [-0.3, -0.25) is 0 Å². The molecule has 0 bridgehead atoms. The van der Waals surface area contributed by atoms with Crippen molar-refractivity contribution in [2.45, 2.75) is 65.8 Å². The van der Waals surface area contributed by atoms with Crippen LogP contribution in [0.15, 0.2) is 24.3 Å². The van der Waals surface area contributed by atoms with Crippen molar-refractivity contribution in [3.05, 3.63) is 29.8 Å². The summed E-state index contributed by atoms with van der Waals surface area (Å²) in [5.41, 5.74) is 1.54. The molecule has 2 N–H and O–H groups in total. The van der Waals surface area contributed by atoms with Crippen LogP contribution in [0.4, 0.5) is 0 Å². The minimum absolute atomic E-state index is 0.300. The predicted octanol–water partition coefficient (Wildman–Crippen LogP) is 4.52. The van der Waals surface area contributed by atoms with E-state index in [1.807, 2.05) is 12.1 Å². The summed E-state index contributed by atoms with van der Waals surface area (Å²) in [7, 11) is 0. The van der Waals surface area contributed by atoms with E-state index in [0.717, 1.165) is 13.0 Å². The van der Waals surface area contributed by atoms with E-state index in [9.17, 15) is 5.11 Å². The zero-order valence-electron chi connectivity index (χ0n) is 13.6. The van der Waals surface area contributed by atoms with Gasteiger partial charge in [-0.2, -0.15) is 0 Å². The number of hydrogen-bond donors (Lipinski definition) is 2. The number of benzene rings is 1. The molecule has 0 aliphatic heterocycles. The van der Waals surface area contributed by atoms with Crippen molar-refractivity contribution in [1.29, 1.82) is 0 Å². The summed E-state index contributed by atoms with van der Waals surface area (Å²) in [6, 6.07) is 8.25. The maximum atomic E-state index is 9.66. The van der Waals surface area contributed by atoms with E-state index in [1.165, 1.54) is 31.2 Å². The number of aromatic hydroxyl groups is 1. The summed E-state index contributed by atoms with van der Waals surface area (Å²) >= 11 is 0. The minimum atomic E-state index is 0.300. The first-order valence-corrected chi connectivity index (χ1v) is 8.02. The van der Waals surface area contributed by atoms with Gasteiger partial charge in [-0.05, 0) is 42.4 Å². The van der Waals surface area contributed by atoms with Gasteiger partial charge < -0.3 is 10.4 Å². The molecule has 2 nitrogen and oxygen atoms in total. The third-order valence-electron chi connectivity index (χ3n) is 4.19. The third kappa shape index (κ3) is 5.54. The van der Waals surface area contributed by atoms with E-state index in [1.54, 1.807) is 6.07 Å². The zero-order chi connectivity index (χ0) is 15.0. The maximum Gasteiger partial charge on any atom is 0.115 e. The lowest BCUT2D eigenvalue weighted by atomic mass is 9.75. The van der Waals surface area contributed by atoms with Crippen LogP contribution in [0, 0.1) is 5.41 Å². The topological polar surface area (TPSA) is 32.3 Å². The number of rotatable bonds is 9. The molecule has 0 spiro atoms. The van der Waals surface area contributed by atoms with Crippen LogP contribution < -0.4 is 5.32 Å².